The number of pyridine rings is 1. The molecule has 28 heavy (non-hydrogen) atoms. The van der Waals surface area contributed by atoms with Gasteiger partial charge in [0.1, 0.15) is 5.65 Å². The molecule has 3 aromatic heterocycles. The number of hydrogen-bond acceptors (Lipinski definition) is 3. The van der Waals surface area contributed by atoms with Gasteiger partial charge < -0.3 is 4.57 Å². The zero-order valence-corrected chi connectivity index (χ0v) is 15.0. The third kappa shape index (κ3) is 1.94. The minimum Gasteiger partial charge on any atom is -0.347 e. The maximum Gasteiger partial charge on any atom is 0.261 e. The minimum atomic E-state index is -0.367. The van der Waals surface area contributed by atoms with E-state index in [1.165, 1.54) is 11.1 Å². The number of hydrogen-bond donors (Lipinski definition) is 1. The molecule has 2 aliphatic heterocycles. The summed E-state index contributed by atoms with van der Waals surface area (Å²) < 4.78 is 4.05. The number of nitrogens with zero attached hydrogens (tertiary/aromatic N) is 3. The monoisotopic (exact) mass is 368 g/mol. The van der Waals surface area contributed by atoms with Crippen LogP contribution in [0.3, 0.4) is 0 Å². The van der Waals surface area contributed by atoms with Gasteiger partial charge >= 0.3 is 0 Å². The van der Waals surface area contributed by atoms with Crippen molar-refractivity contribution in [3.05, 3.63) is 71.8 Å². The first kappa shape index (κ1) is 15.4. The number of benzene rings is 1. The highest BCUT2D eigenvalue weighted by atomic mass is 16.2. The number of para-hydroxylation sites is 1. The third-order valence-electron chi connectivity index (χ3n) is 5.71. The lowest BCUT2D eigenvalue weighted by molar-refractivity contribution is -0.122. The van der Waals surface area contributed by atoms with Crippen LogP contribution in [0.2, 0.25) is 0 Å². The molecular formula is C22H16N4O2. The van der Waals surface area contributed by atoms with Gasteiger partial charge in [-0.05, 0) is 30.5 Å². The minimum absolute atomic E-state index is 0.346. The van der Waals surface area contributed by atoms with Crippen molar-refractivity contribution < 1.29 is 9.59 Å². The second kappa shape index (κ2) is 5.42. The number of imide groups is 1. The first-order valence-corrected chi connectivity index (χ1v) is 9.36. The van der Waals surface area contributed by atoms with Crippen molar-refractivity contribution in [1.82, 2.24) is 19.3 Å². The lowest BCUT2D eigenvalue weighted by atomic mass is 9.96. The summed E-state index contributed by atoms with van der Waals surface area (Å²) in [6.45, 7) is 0.919. The highest BCUT2D eigenvalue weighted by Crippen LogP contribution is 2.38. The zero-order chi connectivity index (χ0) is 18.8. The van der Waals surface area contributed by atoms with E-state index in [1.54, 1.807) is 12.4 Å². The van der Waals surface area contributed by atoms with Gasteiger partial charge in [-0.1, -0.05) is 24.3 Å². The summed E-state index contributed by atoms with van der Waals surface area (Å²) in [5.74, 6) is -0.714. The fourth-order valence-electron chi connectivity index (χ4n) is 4.56. The first-order valence-electron chi connectivity index (χ1n) is 9.36. The fraction of sp³-hybridized carbons (Fsp3) is 0.136. The number of carbonyl (C=O) groups excluding carboxylic acids is 2. The number of imidazole rings is 1. The maximum atomic E-state index is 12.9. The highest BCUT2D eigenvalue weighted by molar-refractivity contribution is 6.49. The lowest BCUT2D eigenvalue weighted by Gasteiger charge is -2.14. The largest absolute Gasteiger partial charge is 0.347 e. The fourth-order valence-corrected chi connectivity index (χ4v) is 4.56. The molecule has 6 rings (SSSR count). The molecule has 0 saturated carbocycles. The molecule has 1 aromatic carbocycles. The number of carbonyl (C=O) groups is 2. The quantitative estimate of drug-likeness (QED) is 0.553. The Bertz CT molecular complexity index is 1360. The van der Waals surface area contributed by atoms with Gasteiger partial charge in [-0.2, -0.15) is 0 Å². The number of nitrogens with one attached hydrogen (secondary N) is 1. The third-order valence-corrected chi connectivity index (χ3v) is 5.71. The number of amides is 2. The van der Waals surface area contributed by atoms with E-state index in [4.69, 9.17) is 0 Å². The molecule has 0 saturated heterocycles. The summed E-state index contributed by atoms with van der Waals surface area (Å²) in [6.07, 6.45) is 7.63. The van der Waals surface area contributed by atoms with Crippen LogP contribution in [0.15, 0.2) is 55.0 Å². The Hall–Kier alpha value is -3.67. The molecule has 0 unspecified atom stereocenters. The summed E-state index contributed by atoms with van der Waals surface area (Å²) in [7, 11) is 0. The summed E-state index contributed by atoms with van der Waals surface area (Å²) in [5, 5.41) is 3.52. The van der Waals surface area contributed by atoms with Crippen LogP contribution in [0.5, 0.6) is 0 Å². The van der Waals surface area contributed by atoms with Gasteiger partial charge in [0.2, 0.25) is 0 Å². The number of aryl methyl sites for hydroxylation is 2. The van der Waals surface area contributed by atoms with Crippen LogP contribution in [-0.4, -0.2) is 25.8 Å². The predicted molar refractivity (Wildman–Crippen MR) is 105 cm³/mol. The number of aromatic nitrogens is 3. The van der Waals surface area contributed by atoms with Crippen molar-refractivity contribution in [2.45, 2.75) is 19.4 Å². The van der Waals surface area contributed by atoms with Crippen molar-refractivity contribution in [3.8, 4) is 0 Å². The maximum absolute atomic E-state index is 12.9. The van der Waals surface area contributed by atoms with Crippen LogP contribution in [-0.2, 0) is 22.6 Å². The summed E-state index contributed by atoms with van der Waals surface area (Å²) in [6, 6.07) is 11.8. The van der Waals surface area contributed by atoms with Crippen LogP contribution in [0.4, 0.5) is 0 Å². The van der Waals surface area contributed by atoms with E-state index in [9.17, 15) is 9.59 Å². The Balaban J connectivity index is 1.71. The van der Waals surface area contributed by atoms with Crippen LogP contribution >= 0.6 is 0 Å². The molecule has 4 aromatic rings. The van der Waals surface area contributed by atoms with Gasteiger partial charge in [0.25, 0.3) is 11.8 Å². The molecule has 0 aliphatic carbocycles. The number of fused-ring (bicyclic) bond motifs is 1. The zero-order valence-electron chi connectivity index (χ0n) is 15.0. The topological polar surface area (TPSA) is 68.4 Å². The normalized spacial score (nSPS) is 16.4. The Morgan fingerprint density at radius 3 is 2.79 bits per heavy atom. The van der Waals surface area contributed by atoms with Gasteiger partial charge in [0, 0.05) is 36.1 Å². The number of rotatable bonds is 2. The van der Waals surface area contributed by atoms with Gasteiger partial charge in [0.15, 0.2) is 0 Å². The van der Waals surface area contributed by atoms with Crippen LogP contribution in [0, 0.1) is 0 Å². The van der Waals surface area contributed by atoms with E-state index >= 15 is 0 Å². The Morgan fingerprint density at radius 1 is 1.00 bits per heavy atom. The molecule has 6 heteroatoms. The molecule has 1 N–H and O–H groups in total. The molecule has 0 fully saturated rings. The SMILES string of the molecule is O=C1NC(=O)C(c2cccc3nccn23)=C1c1cn2c3c(cccc13)CCC2. The molecule has 0 spiro atoms. The molecule has 2 amide bonds. The van der Waals surface area contributed by atoms with Crippen LogP contribution in [0.1, 0.15) is 23.2 Å². The smallest absolute Gasteiger partial charge is 0.261 e. The molecular weight excluding hydrogens is 352 g/mol. The van der Waals surface area contributed by atoms with Crippen LogP contribution in [0.25, 0.3) is 27.7 Å². The molecule has 0 radical (unpaired) electrons. The second-order valence-electron chi connectivity index (χ2n) is 7.25. The van der Waals surface area contributed by atoms with Crippen molar-refractivity contribution in [2.24, 2.45) is 0 Å². The Labute approximate surface area is 160 Å². The first-order chi connectivity index (χ1) is 13.7. The van der Waals surface area contributed by atoms with Crippen LogP contribution < -0.4 is 5.32 Å². The highest BCUT2D eigenvalue weighted by Gasteiger charge is 2.35. The van der Waals surface area contributed by atoms with E-state index in [2.05, 4.69) is 20.9 Å². The van der Waals surface area contributed by atoms with Crippen molar-refractivity contribution >= 4 is 39.5 Å². The standard InChI is InChI=1S/C22H16N4O2/c27-21-18(15-12-25-10-3-5-13-4-1-6-14(15)20(13)25)19(22(28)24-21)16-7-2-8-17-23-9-11-26(16)17/h1-2,4,6-9,11-12H,3,5,10H2,(H,24,27,28). The van der Waals surface area contributed by atoms with Gasteiger partial charge in [-0.25, -0.2) is 4.98 Å². The van der Waals surface area contributed by atoms with Gasteiger partial charge in [-0.15, -0.1) is 0 Å². The van der Waals surface area contributed by atoms with E-state index in [1.807, 2.05) is 40.9 Å². The molecule has 6 nitrogen and oxygen atoms in total. The van der Waals surface area contributed by atoms with E-state index in [0.29, 0.717) is 16.8 Å². The van der Waals surface area contributed by atoms with Crippen molar-refractivity contribution in [1.29, 1.82) is 0 Å². The van der Waals surface area contributed by atoms with E-state index in [0.717, 1.165) is 36.0 Å². The van der Waals surface area contributed by atoms with E-state index in [-0.39, 0.29) is 11.8 Å². The molecule has 2 aliphatic rings. The summed E-state index contributed by atoms with van der Waals surface area (Å²) >= 11 is 0. The Morgan fingerprint density at radius 2 is 1.86 bits per heavy atom. The average Bonchev–Trinajstić information content (AvgIpc) is 3.39. The van der Waals surface area contributed by atoms with Gasteiger partial charge in [-0.3, -0.25) is 19.3 Å². The summed E-state index contributed by atoms with van der Waals surface area (Å²) in [4.78, 5) is 30.0. The van der Waals surface area contributed by atoms with Gasteiger partial charge in [0.05, 0.1) is 22.4 Å². The average molecular weight is 368 g/mol. The molecule has 5 heterocycles. The predicted octanol–water partition coefficient (Wildman–Crippen LogP) is 2.80. The van der Waals surface area contributed by atoms with Crippen molar-refractivity contribution in [2.75, 3.05) is 0 Å². The molecule has 136 valence electrons. The molecule has 0 atom stereocenters. The summed E-state index contributed by atoms with van der Waals surface area (Å²) in [5.41, 5.74) is 5.52. The second-order valence-corrected chi connectivity index (χ2v) is 7.25. The Kier molecular flexibility index (Phi) is 2.98. The van der Waals surface area contributed by atoms with E-state index < -0.39 is 0 Å². The van der Waals surface area contributed by atoms with Crippen molar-refractivity contribution in [3.63, 3.8) is 0 Å². The lowest BCUT2D eigenvalue weighted by Crippen LogP contribution is -2.23. The molecule has 0 bridgehead atoms.